The molecule has 1 aliphatic rings. The molecule has 0 radical (unpaired) electrons. The van der Waals surface area contributed by atoms with Crippen LogP contribution in [0.3, 0.4) is 0 Å². The van der Waals surface area contributed by atoms with E-state index in [1.54, 1.807) is 11.3 Å². The summed E-state index contributed by atoms with van der Waals surface area (Å²) in [5, 5.41) is 6.90. The zero-order valence-corrected chi connectivity index (χ0v) is 17.0. The van der Waals surface area contributed by atoms with E-state index in [1.807, 2.05) is 23.6 Å². The third-order valence-corrected chi connectivity index (χ3v) is 6.14. The summed E-state index contributed by atoms with van der Waals surface area (Å²) < 4.78 is 38.9. The number of carbonyl (C=O) groups is 1. The van der Waals surface area contributed by atoms with E-state index in [-0.39, 0.29) is 11.6 Å². The van der Waals surface area contributed by atoms with Gasteiger partial charge in [0.15, 0.2) is 0 Å². The summed E-state index contributed by atoms with van der Waals surface area (Å²) in [6, 6.07) is 14.8. The van der Waals surface area contributed by atoms with Crippen LogP contribution >= 0.6 is 11.3 Å². The van der Waals surface area contributed by atoms with Crippen molar-refractivity contribution in [2.24, 2.45) is 0 Å². The number of alkyl halides is 3. The average Bonchev–Trinajstić information content (AvgIpc) is 3.28. The summed E-state index contributed by atoms with van der Waals surface area (Å²) in [7, 11) is 0. The van der Waals surface area contributed by atoms with E-state index < -0.39 is 17.6 Å². The maximum atomic E-state index is 13.0. The molecule has 1 atom stereocenters. The number of nitrogens with zero attached hydrogens (tertiary/aromatic N) is 1. The summed E-state index contributed by atoms with van der Waals surface area (Å²) in [4.78, 5) is 14.9. The van der Waals surface area contributed by atoms with Crippen LogP contribution in [0.2, 0.25) is 0 Å². The fraction of sp³-hybridized carbons (Fsp3) is 0.261. The molecule has 1 aromatic heterocycles. The number of rotatable bonds is 5. The SMILES string of the molecule is O=C(NCC(c1ccsc1)N1CCc2ccccc2C1)c1cccc(C(F)(F)F)c1. The minimum atomic E-state index is -4.48. The quantitative estimate of drug-likeness (QED) is 0.596. The van der Waals surface area contributed by atoms with E-state index in [4.69, 9.17) is 0 Å². The summed E-state index contributed by atoms with van der Waals surface area (Å²) in [6.07, 6.45) is -3.55. The minimum Gasteiger partial charge on any atom is -0.350 e. The van der Waals surface area contributed by atoms with Crippen LogP contribution in [0.25, 0.3) is 0 Å². The molecule has 2 aromatic carbocycles. The second kappa shape index (κ2) is 8.62. The predicted molar refractivity (Wildman–Crippen MR) is 111 cm³/mol. The van der Waals surface area contributed by atoms with E-state index in [0.29, 0.717) is 6.54 Å². The van der Waals surface area contributed by atoms with Gasteiger partial charge in [-0.05, 0) is 58.1 Å². The second-order valence-corrected chi connectivity index (χ2v) is 8.13. The molecule has 7 heteroatoms. The Bertz CT molecular complexity index is 1020. The van der Waals surface area contributed by atoms with Crippen molar-refractivity contribution < 1.29 is 18.0 Å². The fourth-order valence-corrected chi connectivity index (χ4v) is 4.54. The number of thiophene rings is 1. The maximum absolute atomic E-state index is 13.0. The Hall–Kier alpha value is -2.64. The molecule has 4 rings (SSSR count). The highest BCUT2D eigenvalue weighted by molar-refractivity contribution is 7.08. The first-order valence-corrected chi connectivity index (χ1v) is 10.6. The molecule has 0 spiro atoms. The molecule has 30 heavy (non-hydrogen) atoms. The van der Waals surface area contributed by atoms with Crippen molar-refractivity contribution in [1.82, 2.24) is 10.2 Å². The van der Waals surface area contributed by atoms with Gasteiger partial charge in [0.25, 0.3) is 5.91 Å². The van der Waals surface area contributed by atoms with E-state index in [9.17, 15) is 18.0 Å². The van der Waals surface area contributed by atoms with Gasteiger partial charge in [-0.1, -0.05) is 30.3 Å². The molecule has 3 nitrogen and oxygen atoms in total. The minimum absolute atomic E-state index is 0.0119. The van der Waals surface area contributed by atoms with Gasteiger partial charge < -0.3 is 5.32 Å². The van der Waals surface area contributed by atoms with Gasteiger partial charge in [0, 0.05) is 25.2 Å². The number of nitrogens with one attached hydrogen (secondary N) is 1. The number of hydrogen-bond acceptors (Lipinski definition) is 3. The lowest BCUT2D eigenvalue weighted by molar-refractivity contribution is -0.137. The molecular formula is C23H21F3N2OS. The standard InChI is InChI=1S/C23H21F3N2OS/c24-23(25,26)20-7-3-6-17(12-20)22(29)27-13-21(19-9-11-30-15-19)28-10-8-16-4-1-2-5-18(16)14-28/h1-7,9,11-12,15,21H,8,10,13-14H2,(H,27,29). The molecule has 0 saturated carbocycles. The lowest BCUT2D eigenvalue weighted by Gasteiger charge is -2.35. The molecule has 2 heterocycles. The molecule has 1 unspecified atom stereocenters. The largest absolute Gasteiger partial charge is 0.416 e. The molecule has 3 aromatic rings. The Morgan fingerprint density at radius 3 is 2.63 bits per heavy atom. The van der Waals surface area contributed by atoms with Crippen LogP contribution in [0, 0.1) is 0 Å². The summed E-state index contributed by atoms with van der Waals surface area (Å²) >= 11 is 1.59. The van der Waals surface area contributed by atoms with E-state index in [2.05, 4.69) is 27.7 Å². The topological polar surface area (TPSA) is 32.3 Å². The first kappa shape index (κ1) is 20.6. The Morgan fingerprint density at radius 2 is 1.90 bits per heavy atom. The van der Waals surface area contributed by atoms with Gasteiger partial charge in [-0.3, -0.25) is 9.69 Å². The van der Waals surface area contributed by atoms with Crippen LogP contribution in [0.1, 0.15) is 38.7 Å². The van der Waals surface area contributed by atoms with Crippen molar-refractivity contribution in [1.29, 1.82) is 0 Å². The lowest BCUT2D eigenvalue weighted by Crippen LogP contribution is -2.40. The van der Waals surface area contributed by atoms with Crippen molar-refractivity contribution >= 4 is 17.2 Å². The van der Waals surface area contributed by atoms with E-state index in [1.165, 1.54) is 23.3 Å². The van der Waals surface area contributed by atoms with Gasteiger partial charge in [-0.25, -0.2) is 0 Å². The summed E-state index contributed by atoms with van der Waals surface area (Å²) in [5.74, 6) is -0.501. The van der Waals surface area contributed by atoms with Gasteiger partial charge in [-0.2, -0.15) is 24.5 Å². The fourth-order valence-electron chi connectivity index (χ4n) is 3.83. The predicted octanol–water partition coefficient (Wildman–Crippen LogP) is 5.30. The molecule has 0 saturated heterocycles. The Kier molecular flexibility index (Phi) is 5.92. The van der Waals surface area contributed by atoms with E-state index in [0.717, 1.165) is 37.2 Å². The molecule has 1 amide bonds. The van der Waals surface area contributed by atoms with Crippen molar-refractivity contribution in [2.75, 3.05) is 13.1 Å². The molecule has 0 bridgehead atoms. The zero-order chi connectivity index (χ0) is 21.1. The molecule has 0 fully saturated rings. The third kappa shape index (κ3) is 4.57. The Labute approximate surface area is 177 Å². The van der Waals surface area contributed by atoms with Crippen LogP contribution in [-0.2, 0) is 19.1 Å². The van der Waals surface area contributed by atoms with Crippen molar-refractivity contribution in [3.05, 3.63) is 93.2 Å². The van der Waals surface area contributed by atoms with Crippen LogP contribution in [0.4, 0.5) is 13.2 Å². The molecule has 156 valence electrons. The highest BCUT2D eigenvalue weighted by atomic mass is 32.1. The normalized spacial score (nSPS) is 15.4. The monoisotopic (exact) mass is 430 g/mol. The Morgan fingerprint density at radius 1 is 1.10 bits per heavy atom. The van der Waals surface area contributed by atoms with Crippen LogP contribution in [0.15, 0.2) is 65.4 Å². The van der Waals surface area contributed by atoms with Crippen molar-refractivity contribution in [3.63, 3.8) is 0 Å². The number of carbonyl (C=O) groups excluding carboxylic acids is 1. The van der Waals surface area contributed by atoms with Crippen LogP contribution in [-0.4, -0.2) is 23.9 Å². The molecular weight excluding hydrogens is 409 g/mol. The zero-order valence-electron chi connectivity index (χ0n) is 16.2. The number of fused-ring (bicyclic) bond motifs is 1. The first-order chi connectivity index (χ1) is 14.4. The Balaban J connectivity index is 1.50. The smallest absolute Gasteiger partial charge is 0.350 e. The van der Waals surface area contributed by atoms with Gasteiger partial charge in [0.2, 0.25) is 0 Å². The van der Waals surface area contributed by atoms with Crippen LogP contribution < -0.4 is 5.32 Å². The van der Waals surface area contributed by atoms with Gasteiger partial charge in [0.1, 0.15) is 0 Å². The number of hydrogen-bond donors (Lipinski definition) is 1. The average molecular weight is 430 g/mol. The van der Waals surface area contributed by atoms with Crippen molar-refractivity contribution in [2.45, 2.75) is 25.2 Å². The molecule has 1 aliphatic heterocycles. The molecule has 0 aliphatic carbocycles. The number of halogens is 3. The van der Waals surface area contributed by atoms with Crippen LogP contribution in [0.5, 0.6) is 0 Å². The highest BCUT2D eigenvalue weighted by Crippen LogP contribution is 2.30. The summed E-state index contributed by atoms with van der Waals surface area (Å²) in [5.41, 5.74) is 2.90. The first-order valence-electron chi connectivity index (χ1n) is 9.70. The lowest BCUT2D eigenvalue weighted by atomic mass is 9.97. The summed E-state index contributed by atoms with van der Waals surface area (Å²) in [6.45, 7) is 1.96. The number of benzene rings is 2. The van der Waals surface area contributed by atoms with Gasteiger partial charge in [-0.15, -0.1) is 0 Å². The molecule has 1 N–H and O–H groups in total. The van der Waals surface area contributed by atoms with E-state index >= 15 is 0 Å². The van der Waals surface area contributed by atoms with Gasteiger partial charge in [0.05, 0.1) is 11.6 Å². The highest BCUT2D eigenvalue weighted by Gasteiger charge is 2.31. The van der Waals surface area contributed by atoms with Crippen molar-refractivity contribution in [3.8, 4) is 0 Å². The van der Waals surface area contributed by atoms with Gasteiger partial charge >= 0.3 is 6.18 Å². The third-order valence-electron chi connectivity index (χ3n) is 5.44. The number of amides is 1. The maximum Gasteiger partial charge on any atom is 0.416 e. The second-order valence-electron chi connectivity index (χ2n) is 7.35.